The summed E-state index contributed by atoms with van der Waals surface area (Å²) in [4.78, 5) is 11.2. The van der Waals surface area contributed by atoms with E-state index in [-0.39, 0.29) is 11.9 Å². The number of amides is 1. The van der Waals surface area contributed by atoms with Crippen LogP contribution in [0.4, 0.5) is 0 Å². The van der Waals surface area contributed by atoms with Crippen molar-refractivity contribution in [3.63, 3.8) is 0 Å². The fourth-order valence-corrected chi connectivity index (χ4v) is 1.04. The lowest BCUT2D eigenvalue weighted by Crippen LogP contribution is -2.32. The molecule has 0 spiro atoms. The maximum Gasteiger partial charge on any atom is 0.220 e. The van der Waals surface area contributed by atoms with E-state index in [1.807, 2.05) is 13.8 Å². The summed E-state index contributed by atoms with van der Waals surface area (Å²) < 4.78 is 0. The maximum absolute atomic E-state index is 11.2. The minimum absolute atomic E-state index is 0.113. The standard InChI is InChI=1S/C9H20N2O/c1-4-8(6-10)5-9(12)11-7(2)3/h7-8H,4-6,10H2,1-3H3,(H,11,12). The van der Waals surface area contributed by atoms with Gasteiger partial charge in [-0.25, -0.2) is 0 Å². The van der Waals surface area contributed by atoms with E-state index in [2.05, 4.69) is 12.2 Å². The number of hydrogen-bond acceptors (Lipinski definition) is 2. The van der Waals surface area contributed by atoms with Gasteiger partial charge in [-0.1, -0.05) is 13.3 Å². The molecule has 0 aliphatic rings. The Morgan fingerprint density at radius 2 is 2.08 bits per heavy atom. The van der Waals surface area contributed by atoms with Crippen LogP contribution in [0.2, 0.25) is 0 Å². The molecule has 0 rings (SSSR count). The van der Waals surface area contributed by atoms with Gasteiger partial charge in [-0.3, -0.25) is 4.79 Å². The molecule has 0 aromatic rings. The number of carbonyl (C=O) groups is 1. The Labute approximate surface area is 74.7 Å². The molecular weight excluding hydrogens is 152 g/mol. The summed E-state index contributed by atoms with van der Waals surface area (Å²) >= 11 is 0. The predicted octanol–water partition coefficient (Wildman–Crippen LogP) is 0.886. The molecule has 0 fully saturated rings. The minimum atomic E-state index is 0.113. The minimum Gasteiger partial charge on any atom is -0.354 e. The van der Waals surface area contributed by atoms with E-state index in [1.165, 1.54) is 0 Å². The first-order valence-electron chi connectivity index (χ1n) is 4.59. The van der Waals surface area contributed by atoms with Gasteiger partial charge in [0.1, 0.15) is 0 Å². The van der Waals surface area contributed by atoms with Crippen molar-refractivity contribution < 1.29 is 4.79 Å². The lowest BCUT2D eigenvalue weighted by molar-refractivity contribution is -0.122. The van der Waals surface area contributed by atoms with Gasteiger partial charge in [0.25, 0.3) is 0 Å². The van der Waals surface area contributed by atoms with Gasteiger partial charge in [-0.2, -0.15) is 0 Å². The third kappa shape index (κ3) is 5.13. The van der Waals surface area contributed by atoms with Crippen LogP contribution in [0.5, 0.6) is 0 Å². The van der Waals surface area contributed by atoms with Gasteiger partial charge < -0.3 is 11.1 Å². The van der Waals surface area contributed by atoms with Crippen molar-refractivity contribution in [3.8, 4) is 0 Å². The van der Waals surface area contributed by atoms with Crippen LogP contribution in [0, 0.1) is 5.92 Å². The summed E-state index contributed by atoms with van der Waals surface area (Å²) in [6, 6.07) is 0.229. The van der Waals surface area contributed by atoms with Crippen molar-refractivity contribution in [2.24, 2.45) is 11.7 Å². The van der Waals surface area contributed by atoms with Gasteiger partial charge in [0.2, 0.25) is 5.91 Å². The second-order valence-corrected chi connectivity index (χ2v) is 3.44. The summed E-state index contributed by atoms with van der Waals surface area (Å²) in [5.74, 6) is 0.450. The predicted molar refractivity (Wildman–Crippen MR) is 50.7 cm³/mol. The van der Waals surface area contributed by atoms with E-state index in [9.17, 15) is 4.79 Å². The van der Waals surface area contributed by atoms with Crippen LogP contribution in [-0.4, -0.2) is 18.5 Å². The molecule has 12 heavy (non-hydrogen) atoms. The summed E-state index contributed by atoms with van der Waals surface area (Å²) in [6.45, 7) is 6.57. The van der Waals surface area contributed by atoms with Crippen LogP contribution in [0.15, 0.2) is 0 Å². The average molecular weight is 172 g/mol. The van der Waals surface area contributed by atoms with E-state index in [0.29, 0.717) is 18.9 Å². The zero-order valence-electron chi connectivity index (χ0n) is 8.26. The molecule has 1 unspecified atom stereocenters. The first kappa shape index (κ1) is 11.4. The highest BCUT2D eigenvalue weighted by Crippen LogP contribution is 2.05. The Bertz CT molecular complexity index is 130. The van der Waals surface area contributed by atoms with E-state index in [1.54, 1.807) is 0 Å². The van der Waals surface area contributed by atoms with Gasteiger partial charge in [0.15, 0.2) is 0 Å². The van der Waals surface area contributed by atoms with Crippen molar-refractivity contribution >= 4 is 5.91 Å². The van der Waals surface area contributed by atoms with Crippen molar-refractivity contribution in [2.45, 2.75) is 39.7 Å². The van der Waals surface area contributed by atoms with Crippen molar-refractivity contribution in [1.29, 1.82) is 0 Å². The first-order valence-corrected chi connectivity index (χ1v) is 4.59. The van der Waals surface area contributed by atoms with E-state index < -0.39 is 0 Å². The Hall–Kier alpha value is -0.570. The fourth-order valence-electron chi connectivity index (χ4n) is 1.04. The summed E-state index contributed by atoms with van der Waals surface area (Å²) in [7, 11) is 0. The largest absolute Gasteiger partial charge is 0.354 e. The topological polar surface area (TPSA) is 55.1 Å². The highest BCUT2D eigenvalue weighted by Gasteiger charge is 2.10. The Morgan fingerprint density at radius 3 is 2.42 bits per heavy atom. The Balaban J connectivity index is 3.66. The highest BCUT2D eigenvalue weighted by molar-refractivity contribution is 5.76. The molecule has 3 N–H and O–H groups in total. The van der Waals surface area contributed by atoms with Crippen LogP contribution in [-0.2, 0) is 4.79 Å². The third-order valence-electron chi connectivity index (χ3n) is 1.83. The number of hydrogen-bond donors (Lipinski definition) is 2. The molecule has 0 bridgehead atoms. The number of nitrogens with two attached hydrogens (primary N) is 1. The van der Waals surface area contributed by atoms with E-state index >= 15 is 0 Å². The van der Waals surface area contributed by atoms with Gasteiger partial charge >= 0.3 is 0 Å². The number of carbonyl (C=O) groups excluding carboxylic acids is 1. The zero-order valence-corrected chi connectivity index (χ0v) is 8.26. The lowest BCUT2D eigenvalue weighted by Gasteiger charge is -2.13. The molecule has 0 radical (unpaired) electrons. The first-order chi connectivity index (χ1) is 5.60. The molecule has 0 aromatic heterocycles. The number of rotatable bonds is 5. The number of nitrogens with one attached hydrogen (secondary N) is 1. The quantitative estimate of drug-likeness (QED) is 0.647. The molecule has 72 valence electrons. The molecule has 3 heteroatoms. The summed E-state index contributed by atoms with van der Waals surface area (Å²) in [5, 5.41) is 2.85. The third-order valence-corrected chi connectivity index (χ3v) is 1.83. The molecular formula is C9H20N2O. The van der Waals surface area contributed by atoms with Gasteiger partial charge in [0, 0.05) is 12.5 Å². The van der Waals surface area contributed by atoms with Crippen LogP contribution >= 0.6 is 0 Å². The van der Waals surface area contributed by atoms with Gasteiger partial charge in [0.05, 0.1) is 0 Å². The zero-order chi connectivity index (χ0) is 9.56. The Kier molecular flexibility index (Phi) is 5.72. The van der Waals surface area contributed by atoms with Gasteiger partial charge in [-0.05, 0) is 26.3 Å². The van der Waals surface area contributed by atoms with Crippen LogP contribution in [0.1, 0.15) is 33.6 Å². The molecule has 0 saturated heterocycles. The molecule has 0 aromatic carbocycles. The Morgan fingerprint density at radius 1 is 1.50 bits per heavy atom. The lowest BCUT2D eigenvalue weighted by atomic mass is 10.0. The van der Waals surface area contributed by atoms with Crippen LogP contribution in [0.3, 0.4) is 0 Å². The normalized spacial score (nSPS) is 13.1. The SMILES string of the molecule is CCC(CN)CC(=O)NC(C)C. The van der Waals surface area contributed by atoms with E-state index in [0.717, 1.165) is 6.42 Å². The molecule has 1 atom stereocenters. The van der Waals surface area contributed by atoms with Crippen molar-refractivity contribution in [3.05, 3.63) is 0 Å². The second-order valence-electron chi connectivity index (χ2n) is 3.44. The van der Waals surface area contributed by atoms with Crippen molar-refractivity contribution in [1.82, 2.24) is 5.32 Å². The molecule has 3 nitrogen and oxygen atoms in total. The molecule has 0 aliphatic carbocycles. The molecule has 1 amide bonds. The molecule has 0 saturated carbocycles. The molecule has 0 aliphatic heterocycles. The summed E-state index contributed by atoms with van der Waals surface area (Å²) in [6.07, 6.45) is 1.53. The molecule has 0 heterocycles. The average Bonchev–Trinajstić information content (AvgIpc) is 1.98. The maximum atomic E-state index is 11.2. The van der Waals surface area contributed by atoms with E-state index in [4.69, 9.17) is 5.73 Å². The smallest absolute Gasteiger partial charge is 0.220 e. The van der Waals surface area contributed by atoms with Crippen molar-refractivity contribution in [2.75, 3.05) is 6.54 Å². The van der Waals surface area contributed by atoms with Crippen LogP contribution < -0.4 is 11.1 Å². The van der Waals surface area contributed by atoms with Gasteiger partial charge in [-0.15, -0.1) is 0 Å². The second kappa shape index (κ2) is 6.00. The fraction of sp³-hybridized carbons (Fsp3) is 0.889. The summed E-state index contributed by atoms with van der Waals surface area (Å²) in [5.41, 5.74) is 5.48. The monoisotopic (exact) mass is 172 g/mol. The van der Waals surface area contributed by atoms with Crippen LogP contribution in [0.25, 0.3) is 0 Å². The highest BCUT2D eigenvalue weighted by atomic mass is 16.1.